The SMILES string of the molecule is CC1(/C=C/C(=O)O)CCC(=O)CC1. The summed E-state index contributed by atoms with van der Waals surface area (Å²) in [6.07, 6.45) is 5.60. The van der Waals surface area contributed by atoms with E-state index in [0.717, 1.165) is 12.8 Å². The van der Waals surface area contributed by atoms with Gasteiger partial charge in [-0.3, -0.25) is 4.79 Å². The Morgan fingerprint density at radius 1 is 1.46 bits per heavy atom. The van der Waals surface area contributed by atoms with E-state index in [4.69, 9.17) is 5.11 Å². The third-order valence-electron chi connectivity index (χ3n) is 2.58. The molecule has 1 rings (SSSR count). The minimum atomic E-state index is -0.918. The average molecular weight is 182 g/mol. The van der Waals surface area contributed by atoms with Gasteiger partial charge in [0, 0.05) is 18.9 Å². The fourth-order valence-electron chi connectivity index (χ4n) is 1.54. The minimum absolute atomic E-state index is 0.0910. The van der Waals surface area contributed by atoms with Crippen molar-refractivity contribution < 1.29 is 14.7 Å². The van der Waals surface area contributed by atoms with Crippen LogP contribution in [0.4, 0.5) is 0 Å². The zero-order valence-corrected chi connectivity index (χ0v) is 7.75. The predicted octanol–water partition coefficient (Wildman–Crippen LogP) is 1.78. The Bertz CT molecular complexity index is 243. The van der Waals surface area contributed by atoms with Gasteiger partial charge in [0.25, 0.3) is 0 Å². The molecule has 3 nitrogen and oxygen atoms in total. The van der Waals surface area contributed by atoms with E-state index in [1.807, 2.05) is 6.92 Å². The van der Waals surface area contributed by atoms with E-state index in [1.54, 1.807) is 6.08 Å². The Morgan fingerprint density at radius 3 is 2.46 bits per heavy atom. The van der Waals surface area contributed by atoms with Crippen LogP contribution in [0.3, 0.4) is 0 Å². The van der Waals surface area contributed by atoms with Crippen molar-refractivity contribution in [1.29, 1.82) is 0 Å². The van der Waals surface area contributed by atoms with Crippen molar-refractivity contribution in [3.05, 3.63) is 12.2 Å². The van der Waals surface area contributed by atoms with Crippen LogP contribution in [0.25, 0.3) is 0 Å². The molecule has 13 heavy (non-hydrogen) atoms. The summed E-state index contributed by atoms with van der Waals surface area (Å²) in [6, 6.07) is 0. The topological polar surface area (TPSA) is 54.4 Å². The summed E-state index contributed by atoms with van der Waals surface area (Å²) in [6.45, 7) is 2.00. The number of aliphatic carboxylic acids is 1. The van der Waals surface area contributed by atoms with Crippen molar-refractivity contribution in [2.45, 2.75) is 32.6 Å². The lowest BCUT2D eigenvalue weighted by Gasteiger charge is -2.29. The highest BCUT2D eigenvalue weighted by Gasteiger charge is 2.27. The van der Waals surface area contributed by atoms with Crippen molar-refractivity contribution >= 4 is 11.8 Å². The van der Waals surface area contributed by atoms with E-state index in [2.05, 4.69) is 0 Å². The molecule has 1 fully saturated rings. The molecule has 0 amide bonds. The maximum Gasteiger partial charge on any atom is 0.327 e. The number of hydrogen-bond donors (Lipinski definition) is 1. The molecule has 0 heterocycles. The molecule has 0 aromatic carbocycles. The van der Waals surface area contributed by atoms with Crippen LogP contribution in [0.5, 0.6) is 0 Å². The molecule has 0 radical (unpaired) electrons. The molecule has 1 N–H and O–H groups in total. The van der Waals surface area contributed by atoms with E-state index in [-0.39, 0.29) is 5.41 Å². The third-order valence-corrected chi connectivity index (χ3v) is 2.58. The molecule has 1 aliphatic rings. The zero-order valence-electron chi connectivity index (χ0n) is 7.75. The van der Waals surface area contributed by atoms with Crippen molar-refractivity contribution in [2.24, 2.45) is 5.41 Å². The molecule has 0 aliphatic heterocycles. The van der Waals surface area contributed by atoms with Crippen LogP contribution in [0.15, 0.2) is 12.2 Å². The maximum absolute atomic E-state index is 10.9. The molecule has 3 heteroatoms. The first kappa shape index (κ1) is 9.96. The van der Waals surface area contributed by atoms with Crippen LogP contribution >= 0.6 is 0 Å². The molecule has 1 saturated carbocycles. The van der Waals surface area contributed by atoms with E-state index < -0.39 is 5.97 Å². The van der Waals surface area contributed by atoms with Gasteiger partial charge in [0.15, 0.2) is 0 Å². The molecule has 0 atom stereocenters. The van der Waals surface area contributed by atoms with Crippen LogP contribution in [0, 0.1) is 5.41 Å². The normalized spacial score (nSPS) is 22.1. The first-order valence-electron chi connectivity index (χ1n) is 4.46. The van der Waals surface area contributed by atoms with E-state index in [0.29, 0.717) is 18.6 Å². The third kappa shape index (κ3) is 3.01. The number of carboxylic acid groups (broad SMARTS) is 1. The molecule has 0 unspecified atom stereocenters. The van der Waals surface area contributed by atoms with Gasteiger partial charge in [-0.05, 0) is 18.3 Å². The average Bonchev–Trinajstić information content (AvgIpc) is 2.08. The summed E-state index contributed by atoms with van der Waals surface area (Å²) in [4.78, 5) is 21.2. The number of Topliss-reactive ketones (excluding diaryl/α,β-unsaturated/α-hetero) is 1. The fraction of sp³-hybridized carbons (Fsp3) is 0.600. The van der Waals surface area contributed by atoms with Gasteiger partial charge in [0.2, 0.25) is 0 Å². The summed E-state index contributed by atoms with van der Waals surface area (Å²) in [5.41, 5.74) is -0.0910. The molecule has 1 aliphatic carbocycles. The number of allylic oxidation sites excluding steroid dienone is 1. The predicted molar refractivity (Wildman–Crippen MR) is 48.4 cm³/mol. The summed E-state index contributed by atoms with van der Waals surface area (Å²) in [5.74, 6) is -0.626. The van der Waals surface area contributed by atoms with Gasteiger partial charge >= 0.3 is 5.97 Å². The van der Waals surface area contributed by atoms with E-state index in [9.17, 15) is 9.59 Å². The molecule has 0 spiro atoms. The highest BCUT2D eigenvalue weighted by molar-refractivity contribution is 5.81. The lowest BCUT2D eigenvalue weighted by Crippen LogP contribution is -2.22. The Labute approximate surface area is 77.4 Å². The van der Waals surface area contributed by atoms with E-state index >= 15 is 0 Å². The number of ketones is 1. The Hall–Kier alpha value is -1.12. The smallest absolute Gasteiger partial charge is 0.327 e. The van der Waals surface area contributed by atoms with Crippen molar-refractivity contribution in [2.75, 3.05) is 0 Å². The first-order valence-corrected chi connectivity index (χ1v) is 4.46. The van der Waals surface area contributed by atoms with Gasteiger partial charge in [-0.15, -0.1) is 0 Å². The Balaban J connectivity index is 2.57. The minimum Gasteiger partial charge on any atom is -0.478 e. The molecular formula is C10H14O3. The fourth-order valence-corrected chi connectivity index (χ4v) is 1.54. The summed E-state index contributed by atoms with van der Waals surface area (Å²) in [7, 11) is 0. The van der Waals surface area contributed by atoms with Gasteiger partial charge < -0.3 is 5.11 Å². The number of carbonyl (C=O) groups is 2. The van der Waals surface area contributed by atoms with Crippen LogP contribution in [0.2, 0.25) is 0 Å². The quantitative estimate of drug-likeness (QED) is 0.662. The molecule has 0 saturated heterocycles. The molecule has 0 bridgehead atoms. The molecule has 0 aromatic rings. The van der Waals surface area contributed by atoms with Gasteiger partial charge in [-0.1, -0.05) is 13.0 Å². The highest BCUT2D eigenvalue weighted by Crippen LogP contribution is 2.35. The second-order valence-electron chi connectivity index (χ2n) is 3.86. The monoisotopic (exact) mass is 182 g/mol. The standard InChI is InChI=1S/C10H14O3/c1-10(7-4-9(12)13)5-2-8(11)3-6-10/h4,7H,2-3,5-6H2,1H3,(H,12,13)/b7-4+. The van der Waals surface area contributed by atoms with Crippen molar-refractivity contribution in [3.63, 3.8) is 0 Å². The molecule has 0 aromatic heterocycles. The maximum atomic E-state index is 10.9. The summed E-state index contributed by atoms with van der Waals surface area (Å²) >= 11 is 0. The lowest BCUT2D eigenvalue weighted by molar-refractivity contribution is -0.131. The highest BCUT2D eigenvalue weighted by atomic mass is 16.4. The van der Waals surface area contributed by atoms with E-state index in [1.165, 1.54) is 6.08 Å². The zero-order chi connectivity index (χ0) is 9.90. The van der Waals surface area contributed by atoms with Crippen LogP contribution < -0.4 is 0 Å². The van der Waals surface area contributed by atoms with Crippen LogP contribution in [0.1, 0.15) is 32.6 Å². The largest absolute Gasteiger partial charge is 0.478 e. The lowest BCUT2D eigenvalue weighted by atomic mass is 9.75. The molecule has 72 valence electrons. The summed E-state index contributed by atoms with van der Waals surface area (Å²) in [5, 5.41) is 8.46. The number of rotatable bonds is 2. The van der Waals surface area contributed by atoms with Crippen LogP contribution in [-0.2, 0) is 9.59 Å². The number of carbonyl (C=O) groups excluding carboxylic acids is 1. The first-order chi connectivity index (χ1) is 6.02. The molecular weight excluding hydrogens is 168 g/mol. The second kappa shape index (κ2) is 3.73. The Kier molecular flexibility index (Phi) is 2.86. The van der Waals surface area contributed by atoms with Gasteiger partial charge in [0.1, 0.15) is 5.78 Å². The number of hydrogen-bond acceptors (Lipinski definition) is 2. The Morgan fingerprint density at radius 2 is 2.00 bits per heavy atom. The van der Waals surface area contributed by atoms with Gasteiger partial charge in [0.05, 0.1) is 0 Å². The van der Waals surface area contributed by atoms with Crippen molar-refractivity contribution in [1.82, 2.24) is 0 Å². The second-order valence-corrected chi connectivity index (χ2v) is 3.86. The summed E-state index contributed by atoms with van der Waals surface area (Å²) < 4.78 is 0. The van der Waals surface area contributed by atoms with Gasteiger partial charge in [-0.2, -0.15) is 0 Å². The number of carboxylic acids is 1. The van der Waals surface area contributed by atoms with Crippen molar-refractivity contribution in [3.8, 4) is 0 Å². The van der Waals surface area contributed by atoms with Crippen LogP contribution in [-0.4, -0.2) is 16.9 Å². The van der Waals surface area contributed by atoms with Gasteiger partial charge in [-0.25, -0.2) is 4.79 Å².